The molecule has 0 spiro atoms. The quantitative estimate of drug-likeness (QED) is 0.313. The van der Waals surface area contributed by atoms with Gasteiger partial charge in [-0.05, 0) is 38.0 Å². The lowest BCUT2D eigenvalue weighted by atomic mass is 9.76. The van der Waals surface area contributed by atoms with Crippen molar-refractivity contribution in [1.29, 1.82) is 0 Å². The van der Waals surface area contributed by atoms with Crippen LogP contribution in [-0.4, -0.2) is 56.5 Å². The van der Waals surface area contributed by atoms with Crippen molar-refractivity contribution in [2.24, 2.45) is 11.8 Å². The molecule has 2 aliphatic heterocycles. The largest absolute Gasteiger partial charge is 0.481 e. The van der Waals surface area contributed by atoms with E-state index in [1.807, 2.05) is 6.92 Å². The summed E-state index contributed by atoms with van der Waals surface area (Å²) in [7, 11) is -3.40. The third-order valence-corrected chi connectivity index (χ3v) is 7.68. The van der Waals surface area contributed by atoms with Crippen LogP contribution in [0.4, 0.5) is 0 Å². The number of hydrogen-bond acceptors (Lipinski definition) is 5. The Labute approximate surface area is 180 Å². The summed E-state index contributed by atoms with van der Waals surface area (Å²) in [6, 6.07) is 0. The molecule has 0 aliphatic carbocycles. The van der Waals surface area contributed by atoms with Crippen molar-refractivity contribution in [2.75, 3.05) is 18.8 Å². The van der Waals surface area contributed by atoms with Gasteiger partial charge in [-0.1, -0.05) is 39.0 Å². The Balaban J connectivity index is 1.68. The van der Waals surface area contributed by atoms with E-state index in [-0.39, 0.29) is 42.8 Å². The summed E-state index contributed by atoms with van der Waals surface area (Å²) < 4.78 is 32.3. The molecular formula is C21H38N2O6S. The zero-order valence-corrected chi connectivity index (χ0v) is 18.9. The minimum absolute atomic E-state index is 0.0584. The SMILES string of the molecule is CCCCCS(=O)(=O)NCC(=O)NCC1C2CCC(O2)C1CCCCCCC(=O)O. The van der Waals surface area contributed by atoms with Gasteiger partial charge in [0.1, 0.15) is 0 Å². The number of sulfonamides is 1. The monoisotopic (exact) mass is 446 g/mol. The Bertz CT molecular complexity index is 654. The maximum absolute atomic E-state index is 12.1. The lowest BCUT2D eigenvalue weighted by Gasteiger charge is -2.28. The number of carboxylic acid groups (broad SMARTS) is 1. The molecule has 0 aromatic rings. The number of carboxylic acids is 1. The first kappa shape index (κ1) is 25.1. The molecule has 174 valence electrons. The summed E-state index contributed by atoms with van der Waals surface area (Å²) in [5.41, 5.74) is 0. The van der Waals surface area contributed by atoms with Crippen LogP contribution >= 0.6 is 0 Å². The van der Waals surface area contributed by atoms with Gasteiger partial charge < -0.3 is 15.2 Å². The third kappa shape index (κ3) is 8.51. The topological polar surface area (TPSA) is 122 Å². The average Bonchev–Trinajstić information content (AvgIpc) is 3.29. The molecule has 8 nitrogen and oxygen atoms in total. The molecule has 0 aromatic carbocycles. The number of nitrogens with one attached hydrogen (secondary N) is 2. The maximum Gasteiger partial charge on any atom is 0.303 e. The summed E-state index contributed by atoms with van der Waals surface area (Å²) >= 11 is 0. The summed E-state index contributed by atoms with van der Waals surface area (Å²) in [6.07, 6.45) is 9.89. The van der Waals surface area contributed by atoms with Crippen LogP contribution < -0.4 is 10.0 Å². The van der Waals surface area contributed by atoms with Crippen LogP contribution in [0, 0.1) is 11.8 Å². The second kappa shape index (κ2) is 12.6. The van der Waals surface area contributed by atoms with Crippen LogP contribution in [0.2, 0.25) is 0 Å². The minimum atomic E-state index is -3.40. The van der Waals surface area contributed by atoms with Crippen LogP contribution in [0.5, 0.6) is 0 Å². The molecular weight excluding hydrogens is 408 g/mol. The highest BCUT2D eigenvalue weighted by Gasteiger charge is 2.48. The number of fused-ring (bicyclic) bond motifs is 2. The van der Waals surface area contributed by atoms with Gasteiger partial charge >= 0.3 is 5.97 Å². The van der Waals surface area contributed by atoms with E-state index in [2.05, 4.69) is 10.0 Å². The molecule has 0 radical (unpaired) electrons. The highest BCUT2D eigenvalue weighted by Crippen LogP contribution is 2.45. The van der Waals surface area contributed by atoms with Crippen molar-refractivity contribution in [3.8, 4) is 0 Å². The number of unbranched alkanes of at least 4 members (excludes halogenated alkanes) is 5. The molecule has 2 fully saturated rings. The molecule has 2 bridgehead atoms. The summed E-state index contributed by atoms with van der Waals surface area (Å²) in [5, 5.41) is 11.6. The lowest BCUT2D eigenvalue weighted by Crippen LogP contribution is -2.42. The van der Waals surface area contributed by atoms with Crippen molar-refractivity contribution >= 4 is 21.9 Å². The van der Waals surface area contributed by atoms with Crippen molar-refractivity contribution in [3.05, 3.63) is 0 Å². The molecule has 3 N–H and O–H groups in total. The van der Waals surface area contributed by atoms with Crippen molar-refractivity contribution < 1.29 is 27.9 Å². The van der Waals surface area contributed by atoms with E-state index in [9.17, 15) is 18.0 Å². The summed E-state index contributed by atoms with van der Waals surface area (Å²) in [6.45, 7) is 2.31. The van der Waals surface area contributed by atoms with Gasteiger partial charge in [-0.25, -0.2) is 13.1 Å². The number of rotatable bonds is 16. The van der Waals surface area contributed by atoms with Gasteiger partial charge in [0.05, 0.1) is 24.5 Å². The Hall–Kier alpha value is -1.19. The van der Waals surface area contributed by atoms with Gasteiger partial charge in [0.2, 0.25) is 15.9 Å². The van der Waals surface area contributed by atoms with E-state index in [1.165, 1.54) is 0 Å². The van der Waals surface area contributed by atoms with Gasteiger partial charge in [0.25, 0.3) is 0 Å². The first-order valence-electron chi connectivity index (χ1n) is 11.4. The highest BCUT2D eigenvalue weighted by atomic mass is 32.2. The molecule has 9 heteroatoms. The Morgan fingerprint density at radius 2 is 1.70 bits per heavy atom. The standard InChI is InChI=1S/C21H38N2O6S/c1-2-3-8-13-30(27,28)23-15-20(24)22-14-17-16(18-11-12-19(17)29-18)9-6-4-5-7-10-21(25)26/h16-19,23H,2-15H2,1H3,(H,22,24)(H,25,26). The molecule has 0 aromatic heterocycles. The average molecular weight is 447 g/mol. The minimum Gasteiger partial charge on any atom is -0.481 e. The number of carbonyl (C=O) groups excluding carboxylic acids is 1. The van der Waals surface area contributed by atoms with Gasteiger partial charge in [0, 0.05) is 18.9 Å². The number of aliphatic carboxylic acids is 1. The lowest BCUT2D eigenvalue weighted by molar-refractivity contribution is -0.137. The zero-order chi connectivity index (χ0) is 22.0. The number of hydrogen-bond donors (Lipinski definition) is 3. The zero-order valence-electron chi connectivity index (χ0n) is 18.1. The predicted molar refractivity (Wildman–Crippen MR) is 115 cm³/mol. The van der Waals surface area contributed by atoms with Crippen LogP contribution in [0.3, 0.4) is 0 Å². The van der Waals surface area contributed by atoms with Gasteiger partial charge in [-0.2, -0.15) is 0 Å². The molecule has 30 heavy (non-hydrogen) atoms. The smallest absolute Gasteiger partial charge is 0.303 e. The van der Waals surface area contributed by atoms with E-state index in [1.54, 1.807) is 0 Å². The molecule has 2 rings (SSSR count). The predicted octanol–water partition coefficient (Wildman–Crippen LogP) is 2.43. The van der Waals surface area contributed by atoms with Gasteiger partial charge in [0.15, 0.2) is 0 Å². The fraction of sp³-hybridized carbons (Fsp3) is 0.905. The summed E-state index contributed by atoms with van der Waals surface area (Å²) in [4.78, 5) is 22.7. The summed E-state index contributed by atoms with van der Waals surface area (Å²) in [5.74, 6) is -0.301. The first-order chi connectivity index (χ1) is 14.3. The van der Waals surface area contributed by atoms with Crippen molar-refractivity contribution in [3.63, 3.8) is 0 Å². The Morgan fingerprint density at radius 3 is 2.40 bits per heavy atom. The molecule has 1 amide bonds. The molecule has 4 atom stereocenters. The van der Waals surface area contributed by atoms with E-state index in [0.29, 0.717) is 18.9 Å². The number of ether oxygens (including phenoxy) is 1. The van der Waals surface area contributed by atoms with E-state index in [4.69, 9.17) is 9.84 Å². The Kier molecular flexibility index (Phi) is 10.5. The van der Waals surface area contributed by atoms with Crippen LogP contribution in [0.1, 0.15) is 77.6 Å². The number of carbonyl (C=O) groups is 2. The van der Waals surface area contributed by atoms with Crippen LogP contribution in [-0.2, 0) is 24.3 Å². The molecule has 2 heterocycles. The van der Waals surface area contributed by atoms with Gasteiger partial charge in [-0.15, -0.1) is 0 Å². The molecule has 2 aliphatic rings. The highest BCUT2D eigenvalue weighted by molar-refractivity contribution is 7.89. The van der Waals surface area contributed by atoms with Crippen molar-refractivity contribution in [2.45, 2.75) is 89.8 Å². The fourth-order valence-corrected chi connectivity index (χ4v) is 5.73. The van der Waals surface area contributed by atoms with E-state index < -0.39 is 16.0 Å². The first-order valence-corrected chi connectivity index (χ1v) is 13.1. The van der Waals surface area contributed by atoms with Crippen LogP contribution in [0.25, 0.3) is 0 Å². The normalized spacial score (nSPS) is 25.5. The maximum atomic E-state index is 12.1. The second-order valence-corrected chi connectivity index (χ2v) is 10.5. The Morgan fingerprint density at radius 1 is 1.00 bits per heavy atom. The van der Waals surface area contributed by atoms with Crippen molar-refractivity contribution in [1.82, 2.24) is 10.0 Å². The third-order valence-electron chi connectivity index (χ3n) is 6.27. The fourth-order valence-electron chi connectivity index (χ4n) is 4.65. The van der Waals surface area contributed by atoms with Crippen LogP contribution in [0.15, 0.2) is 0 Å². The van der Waals surface area contributed by atoms with E-state index >= 15 is 0 Å². The molecule has 4 unspecified atom stereocenters. The van der Waals surface area contributed by atoms with E-state index in [0.717, 1.165) is 57.8 Å². The van der Waals surface area contributed by atoms with Gasteiger partial charge in [-0.3, -0.25) is 9.59 Å². The molecule has 2 saturated heterocycles. The second-order valence-electron chi connectivity index (χ2n) is 8.62. The molecule has 0 saturated carbocycles. The number of amides is 1.